The molecule has 0 saturated carbocycles. The van der Waals surface area contributed by atoms with Crippen LogP contribution in [0.5, 0.6) is 0 Å². The maximum absolute atomic E-state index is 11.6. The number of rotatable bonds is 5. The molecule has 1 aromatic carbocycles. The minimum atomic E-state index is -1.03. The van der Waals surface area contributed by atoms with Gasteiger partial charge in [0, 0.05) is 24.5 Å². The molecule has 4 rings (SSSR count). The van der Waals surface area contributed by atoms with E-state index in [1.54, 1.807) is 11.3 Å². The number of nitrogens with one attached hydrogen (secondary N) is 1. The number of benzene rings is 1. The predicted octanol–water partition coefficient (Wildman–Crippen LogP) is 2.85. The van der Waals surface area contributed by atoms with E-state index in [4.69, 9.17) is 16.3 Å². The molecule has 3 aromatic rings. The minimum Gasteiger partial charge on any atom is -0.384 e. The monoisotopic (exact) mass is 432 g/mol. The summed E-state index contributed by atoms with van der Waals surface area (Å²) in [5, 5.41) is 12.3. The first-order chi connectivity index (χ1) is 14.0. The smallest absolute Gasteiger partial charge is 0.248 e. The van der Waals surface area contributed by atoms with Gasteiger partial charge in [0.25, 0.3) is 0 Å². The van der Waals surface area contributed by atoms with Gasteiger partial charge in [-0.2, -0.15) is 4.98 Å². The Kier molecular flexibility index (Phi) is 5.96. The molecular weight excluding hydrogens is 412 g/mol. The van der Waals surface area contributed by atoms with Crippen LogP contribution in [0.3, 0.4) is 0 Å². The van der Waals surface area contributed by atoms with E-state index in [9.17, 15) is 9.90 Å². The Morgan fingerprint density at radius 3 is 2.90 bits per heavy atom. The zero-order valence-electron chi connectivity index (χ0n) is 15.9. The molecule has 1 amide bonds. The standard InChI is InChI=1S/C20H21ClN4O3S/c1-12(26)19(27)22-11-13-3-2-4-14(9-13)16-10-15-17(29-16)18(24-20(21)23-15)25-5-7-28-8-6-25/h2-4,9-10,12,26H,5-8,11H2,1H3,(H,22,27)/t12-/m0/s1. The van der Waals surface area contributed by atoms with Gasteiger partial charge in [0.2, 0.25) is 11.2 Å². The van der Waals surface area contributed by atoms with Gasteiger partial charge in [0.1, 0.15) is 6.10 Å². The summed E-state index contributed by atoms with van der Waals surface area (Å²) in [4.78, 5) is 23.7. The van der Waals surface area contributed by atoms with Crippen molar-refractivity contribution in [1.29, 1.82) is 0 Å². The van der Waals surface area contributed by atoms with E-state index in [0.29, 0.717) is 19.8 Å². The lowest BCUT2D eigenvalue weighted by molar-refractivity contribution is -0.128. The molecule has 0 spiro atoms. The molecule has 1 atom stereocenters. The van der Waals surface area contributed by atoms with Crippen LogP contribution < -0.4 is 10.2 Å². The van der Waals surface area contributed by atoms with E-state index in [0.717, 1.165) is 45.1 Å². The van der Waals surface area contributed by atoms with Crippen molar-refractivity contribution in [2.45, 2.75) is 19.6 Å². The summed E-state index contributed by atoms with van der Waals surface area (Å²) < 4.78 is 6.44. The van der Waals surface area contributed by atoms with Crippen molar-refractivity contribution in [3.8, 4) is 10.4 Å². The molecule has 2 aromatic heterocycles. The fraction of sp³-hybridized carbons (Fsp3) is 0.350. The molecule has 9 heteroatoms. The molecule has 2 N–H and O–H groups in total. The predicted molar refractivity (Wildman–Crippen MR) is 114 cm³/mol. The number of carbonyl (C=O) groups is 1. The summed E-state index contributed by atoms with van der Waals surface area (Å²) in [7, 11) is 0. The quantitative estimate of drug-likeness (QED) is 0.603. The zero-order chi connectivity index (χ0) is 20.4. The number of nitrogens with zero attached hydrogens (tertiary/aromatic N) is 3. The van der Waals surface area contributed by atoms with Gasteiger partial charge in [0.15, 0.2) is 5.82 Å². The van der Waals surface area contributed by atoms with E-state index in [1.165, 1.54) is 6.92 Å². The first-order valence-electron chi connectivity index (χ1n) is 9.36. The lowest BCUT2D eigenvalue weighted by Gasteiger charge is -2.28. The van der Waals surface area contributed by atoms with Crippen LogP contribution in [0.15, 0.2) is 30.3 Å². The number of ether oxygens (including phenoxy) is 1. The number of anilines is 1. The molecule has 0 radical (unpaired) electrons. The van der Waals surface area contributed by atoms with Gasteiger partial charge in [-0.25, -0.2) is 4.98 Å². The van der Waals surface area contributed by atoms with E-state index in [2.05, 4.69) is 20.2 Å². The number of morpholine rings is 1. The topological polar surface area (TPSA) is 87.6 Å². The van der Waals surface area contributed by atoms with E-state index in [-0.39, 0.29) is 5.28 Å². The summed E-state index contributed by atoms with van der Waals surface area (Å²) in [6.45, 7) is 4.68. The Labute approximate surface area is 177 Å². The highest BCUT2D eigenvalue weighted by Crippen LogP contribution is 2.38. The Morgan fingerprint density at radius 1 is 1.34 bits per heavy atom. The molecule has 7 nitrogen and oxygen atoms in total. The molecule has 3 heterocycles. The third-order valence-corrected chi connectivity index (χ3v) is 6.03. The van der Waals surface area contributed by atoms with Crippen molar-refractivity contribution in [1.82, 2.24) is 15.3 Å². The van der Waals surface area contributed by atoms with Crippen LogP contribution >= 0.6 is 22.9 Å². The van der Waals surface area contributed by atoms with Crippen LogP contribution in [0.2, 0.25) is 5.28 Å². The maximum Gasteiger partial charge on any atom is 0.248 e. The summed E-state index contributed by atoms with van der Waals surface area (Å²) in [6, 6.07) is 9.95. The van der Waals surface area contributed by atoms with Gasteiger partial charge < -0.3 is 20.1 Å². The van der Waals surface area contributed by atoms with Crippen molar-refractivity contribution in [2.24, 2.45) is 0 Å². The third kappa shape index (κ3) is 4.51. The Hall–Kier alpha value is -2.26. The number of aliphatic hydroxyl groups is 1. The van der Waals surface area contributed by atoms with Crippen LogP contribution in [-0.2, 0) is 16.1 Å². The van der Waals surface area contributed by atoms with Crippen molar-refractivity contribution < 1.29 is 14.6 Å². The van der Waals surface area contributed by atoms with Crippen LogP contribution in [0.25, 0.3) is 20.7 Å². The van der Waals surface area contributed by atoms with Crippen molar-refractivity contribution >= 4 is 44.9 Å². The largest absolute Gasteiger partial charge is 0.384 e. The van der Waals surface area contributed by atoms with Gasteiger partial charge in [-0.15, -0.1) is 11.3 Å². The highest BCUT2D eigenvalue weighted by molar-refractivity contribution is 7.22. The number of halogens is 1. The minimum absolute atomic E-state index is 0.234. The van der Waals surface area contributed by atoms with Crippen LogP contribution in [-0.4, -0.2) is 53.4 Å². The van der Waals surface area contributed by atoms with Crippen molar-refractivity contribution in [2.75, 3.05) is 31.2 Å². The molecule has 29 heavy (non-hydrogen) atoms. The van der Waals surface area contributed by atoms with E-state index < -0.39 is 12.0 Å². The number of carbonyl (C=O) groups excluding carboxylic acids is 1. The van der Waals surface area contributed by atoms with Crippen LogP contribution in [0, 0.1) is 0 Å². The summed E-state index contributed by atoms with van der Waals surface area (Å²) in [6.07, 6.45) is -1.03. The third-order valence-electron chi connectivity index (χ3n) is 4.69. The molecule has 152 valence electrons. The average Bonchev–Trinajstić information content (AvgIpc) is 3.16. The summed E-state index contributed by atoms with van der Waals surface area (Å²) >= 11 is 7.81. The Balaban J connectivity index is 1.64. The van der Waals surface area contributed by atoms with E-state index >= 15 is 0 Å². The molecule has 1 aliphatic rings. The second-order valence-corrected chi connectivity index (χ2v) is 8.23. The molecule has 1 saturated heterocycles. The second kappa shape index (κ2) is 8.62. The summed E-state index contributed by atoms with van der Waals surface area (Å²) in [5.41, 5.74) is 2.80. The van der Waals surface area contributed by atoms with Crippen LogP contribution in [0.1, 0.15) is 12.5 Å². The second-order valence-electron chi connectivity index (χ2n) is 6.83. The fourth-order valence-electron chi connectivity index (χ4n) is 3.19. The van der Waals surface area contributed by atoms with Crippen molar-refractivity contribution in [3.63, 3.8) is 0 Å². The highest BCUT2D eigenvalue weighted by atomic mass is 35.5. The highest BCUT2D eigenvalue weighted by Gasteiger charge is 2.19. The van der Waals surface area contributed by atoms with Gasteiger partial charge >= 0.3 is 0 Å². The average molecular weight is 433 g/mol. The Bertz CT molecular complexity index is 1030. The fourth-order valence-corrected chi connectivity index (χ4v) is 4.47. The van der Waals surface area contributed by atoms with E-state index in [1.807, 2.05) is 30.3 Å². The number of aliphatic hydroxyl groups excluding tert-OH is 1. The van der Waals surface area contributed by atoms with Crippen LogP contribution in [0.4, 0.5) is 5.82 Å². The molecule has 1 fully saturated rings. The molecule has 0 unspecified atom stereocenters. The normalized spacial score (nSPS) is 15.5. The SMILES string of the molecule is C[C@H](O)C(=O)NCc1cccc(-c2cc3nc(Cl)nc(N4CCOCC4)c3s2)c1. The van der Waals surface area contributed by atoms with Gasteiger partial charge in [-0.05, 0) is 41.8 Å². The zero-order valence-corrected chi connectivity index (χ0v) is 17.5. The van der Waals surface area contributed by atoms with Gasteiger partial charge in [0.05, 0.1) is 23.4 Å². The maximum atomic E-state index is 11.6. The van der Waals surface area contributed by atoms with Gasteiger partial charge in [-0.1, -0.05) is 18.2 Å². The number of aromatic nitrogens is 2. The molecule has 0 bridgehead atoms. The lowest BCUT2D eigenvalue weighted by Crippen LogP contribution is -2.36. The number of fused-ring (bicyclic) bond motifs is 1. The molecular formula is C20H21ClN4O3S. The number of amides is 1. The Morgan fingerprint density at radius 2 is 2.14 bits per heavy atom. The van der Waals surface area contributed by atoms with Gasteiger partial charge in [-0.3, -0.25) is 4.79 Å². The summed E-state index contributed by atoms with van der Waals surface area (Å²) in [5.74, 6) is 0.456. The molecule has 1 aliphatic heterocycles. The first kappa shape index (κ1) is 20.0. The number of hydrogen-bond acceptors (Lipinski definition) is 7. The number of thiophene rings is 1. The number of hydrogen-bond donors (Lipinski definition) is 2. The van der Waals surface area contributed by atoms with Crippen molar-refractivity contribution in [3.05, 3.63) is 41.2 Å². The lowest BCUT2D eigenvalue weighted by atomic mass is 10.1. The molecule has 0 aliphatic carbocycles. The first-order valence-corrected chi connectivity index (χ1v) is 10.6.